The zero-order valence-corrected chi connectivity index (χ0v) is 14.5. The third kappa shape index (κ3) is 3.85. The maximum Gasteiger partial charge on any atom is 0.307 e. The van der Waals surface area contributed by atoms with Crippen LogP contribution in [0.25, 0.3) is 0 Å². The van der Waals surface area contributed by atoms with Gasteiger partial charge in [0.2, 0.25) is 0 Å². The highest BCUT2D eigenvalue weighted by atomic mass is 19.1. The summed E-state index contributed by atoms with van der Waals surface area (Å²) in [6.45, 7) is 0.959. The Morgan fingerprint density at radius 3 is 2.69 bits per heavy atom. The van der Waals surface area contributed by atoms with Gasteiger partial charge in [0.15, 0.2) is 0 Å². The quantitative estimate of drug-likeness (QED) is 0.879. The number of hydrogen-bond donors (Lipinski definition) is 1. The molecule has 1 heterocycles. The zero-order valence-electron chi connectivity index (χ0n) is 14.5. The summed E-state index contributed by atoms with van der Waals surface area (Å²) in [6, 6.07) is 9.84. The van der Waals surface area contributed by atoms with Gasteiger partial charge in [-0.25, -0.2) is 8.78 Å². The molecule has 1 aliphatic rings. The Kier molecular flexibility index (Phi) is 5.52. The summed E-state index contributed by atoms with van der Waals surface area (Å²) in [5, 5.41) is 9.40. The Morgan fingerprint density at radius 1 is 1.23 bits per heavy atom. The van der Waals surface area contributed by atoms with Gasteiger partial charge in [0, 0.05) is 12.1 Å². The van der Waals surface area contributed by atoms with Gasteiger partial charge in [-0.3, -0.25) is 9.69 Å². The summed E-state index contributed by atoms with van der Waals surface area (Å²) in [7, 11) is 1.50. The molecule has 2 atom stereocenters. The maximum absolute atomic E-state index is 14.0. The monoisotopic (exact) mass is 361 g/mol. The minimum atomic E-state index is -0.848. The molecule has 3 rings (SSSR count). The minimum absolute atomic E-state index is 0.316. The fourth-order valence-corrected chi connectivity index (χ4v) is 3.63. The van der Waals surface area contributed by atoms with Crippen molar-refractivity contribution in [3.05, 3.63) is 65.2 Å². The Hall–Kier alpha value is -2.47. The van der Waals surface area contributed by atoms with Crippen molar-refractivity contribution in [1.29, 1.82) is 0 Å². The lowest BCUT2D eigenvalue weighted by Gasteiger charge is -2.38. The van der Waals surface area contributed by atoms with E-state index in [9.17, 15) is 18.7 Å². The number of halogens is 2. The molecule has 0 aliphatic carbocycles. The second kappa shape index (κ2) is 7.83. The van der Waals surface area contributed by atoms with Crippen molar-refractivity contribution in [3.8, 4) is 5.75 Å². The number of methoxy groups -OCH3 is 1. The van der Waals surface area contributed by atoms with E-state index in [-0.39, 0.29) is 0 Å². The predicted molar refractivity (Wildman–Crippen MR) is 93.1 cm³/mol. The summed E-state index contributed by atoms with van der Waals surface area (Å²) in [6.07, 6.45) is 1.31. The van der Waals surface area contributed by atoms with E-state index in [1.165, 1.54) is 37.4 Å². The van der Waals surface area contributed by atoms with E-state index in [4.69, 9.17) is 4.74 Å². The molecule has 0 amide bonds. The molecule has 2 aromatic rings. The molecule has 1 N–H and O–H groups in total. The fourth-order valence-electron chi connectivity index (χ4n) is 3.63. The number of rotatable bonds is 5. The van der Waals surface area contributed by atoms with E-state index in [1.807, 2.05) is 4.90 Å². The molecular formula is C20H21F2NO3. The largest absolute Gasteiger partial charge is 0.496 e. The number of carboxylic acids is 1. The van der Waals surface area contributed by atoms with Crippen molar-refractivity contribution < 1.29 is 23.4 Å². The molecule has 26 heavy (non-hydrogen) atoms. The van der Waals surface area contributed by atoms with Crippen LogP contribution in [0.3, 0.4) is 0 Å². The van der Waals surface area contributed by atoms with Crippen LogP contribution < -0.4 is 4.74 Å². The van der Waals surface area contributed by atoms with Crippen LogP contribution in [-0.2, 0) is 4.79 Å². The first-order valence-electron chi connectivity index (χ1n) is 8.55. The van der Waals surface area contributed by atoms with Crippen molar-refractivity contribution in [1.82, 2.24) is 4.90 Å². The summed E-state index contributed by atoms with van der Waals surface area (Å²) in [4.78, 5) is 13.4. The van der Waals surface area contributed by atoms with Crippen molar-refractivity contribution >= 4 is 5.97 Å². The second-order valence-corrected chi connectivity index (χ2v) is 6.52. The lowest BCUT2D eigenvalue weighted by Crippen LogP contribution is -2.41. The van der Waals surface area contributed by atoms with E-state index < -0.39 is 29.6 Å². The van der Waals surface area contributed by atoms with Crippen LogP contribution in [0.2, 0.25) is 0 Å². The topological polar surface area (TPSA) is 49.8 Å². The highest BCUT2D eigenvalue weighted by Gasteiger charge is 2.33. The lowest BCUT2D eigenvalue weighted by molar-refractivity contribution is -0.143. The molecule has 4 nitrogen and oxygen atoms in total. The summed E-state index contributed by atoms with van der Waals surface area (Å²) < 4.78 is 33.2. The number of nitrogens with zero attached hydrogens (tertiary/aromatic N) is 1. The fraction of sp³-hybridized carbons (Fsp3) is 0.350. The van der Waals surface area contributed by atoms with Gasteiger partial charge in [0.05, 0.1) is 19.1 Å². The molecule has 0 saturated carbocycles. The molecule has 0 spiro atoms. The van der Waals surface area contributed by atoms with Gasteiger partial charge in [-0.1, -0.05) is 12.1 Å². The van der Waals surface area contributed by atoms with Crippen molar-refractivity contribution in [2.75, 3.05) is 20.2 Å². The number of ether oxygens (including phenoxy) is 1. The van der Waals surface area contributed by atoms with Crippen LogP contribution >= 0.6 is 0 Å². The molecule has 1 saturated heterocycles. The molecule has 2 unspecified atom stereocenters. The van der Waals surface area contributed by atoms with E-state index in [0.717, 1.165) is 0 Å². The first-order valence-corrected chi connectivity index (χ1v) is 8.55. The standard InChI is InChI=1S/C20H21F2NO3/c1-26-18-8-7-16(22)11-17(18)19(13-4-2-6-15(21)10-13)23-9-3-5-14(12-23)20(24)25/h2,4,6-8,10-11,14,19H,3,5,9,12H2,1H3,(H,24,25). The van der Waals surface area contributed by atoms with E-state index in [1.54, 1.807) is 12.1 Å². The number of piperidine rings is 1. The molecule has 0 radical (unpaired) electrons. The molecule has 2 aromatic carbocycles. The van der Waals surface area contributed by atoms with Crippen molar-refractivity contribution in [3.63, 3.8) is 0 Å². The molecular weight excluding hydrogens is 340 g/mol. The van der Waals surface area contributed by atoms with Crippen LogP contribution in [0.1, 0.15) is 30.0 Å². The smallest absolute Gasteiger partial charge is 0.307 e. The number of carboxylic acid groups (broad SMARTS) is 1. The predicted octanol–water partition coefficient (Wildman–Crippen LogP) is 3.86. The highest BCUT2D eigenvalue weighted by Crippen LogP contribution is 2.37. The first-order chi connectivity index (χ1) is 12.5. The first kappa shape index (κ1) is 18.3. The number of benzene rings is 2. The van der Waals surface area contributed by atoms with Gasteiger partial charge < -0.3 is 9.84 Å². The second-order valence-electron chi connectivity index (χ2n) is 6.52. The van der Waals surface area contributed by atoms with Gasteiger partial charge in [-0.15, -0.1) is 0 Å². The van der Waals surface area contributed by atoms with Gasteiger partial charge in [-0.05, 0) is 55.3 Å². The number of hydrogen-bond acceptors (Lipinski definition) is 3. The Morgan fingerprint density at radius 2 is 2.00 bits per heavy atom. The number of carbonyl (C=O) groups is 1. The molecule has 138 valence electrons. The van der Waals surface area contributed by atoms with Gasteiger partial charge in [-0.2, -0.15) is 0 Å². The Labute approximate surface area is 151 Å². The number of likely N-dealkylation sites (tertiary alicyclic amines) is 1. The Bertz CT molecular complexity index is 796. The van der Waals surface area contributed by atoms with Gasteiger partial charge in [0.1, 0.15) is 17.4 Å². The van der Waals surface area contributed by atoms with Crippen LogP contribution in [-0.4, -0.2) is 36.2 Å². The van der Waals surface area contributed by atoms with Crippen LogP contribution in [0.15, 0.2) is 42.5 Å². The van der Waals surface area contributed by atoms with Crippen LogP contribution in [0, 0.1) is 17.6 Å². The Balaban J connectivity index is 2.08. The van der Waals surface area contributed by atoms with E-state index in [0.29, 0.717) is 42.8 Å². The summed E-state index contributed by atoms with van der Waals surface area (Å²) in [5.74, 6) is -1.68. The average Bonchev–Trinajstić information content (AvgIpc) is 2.62. The minimum Gasteiger partial charge on any atom is -0.496 e. The third-order valence-corrected chi connectivity index (χ3v) is 4.82. The normalized spacial score (nSPS) is 19.1. The highest BCUT2D eigenvalue weighted by molar-refractivity contribution is 5.70. The molecule has 1 aliphatic heterocycles. The maximum atomic E-state index is 14.0. The molecule has 0 aromatic heterocycles. The van der Waals surface area contributed by atoms with Crippen molar-refractivity contribution in [2.24, 2.45) is 5.92 Å². The zero-order chi connectivity index (χ0) is 18.7. The lowest BCUT2D eigenvalue weighted by atomic mass is 9.91. The number of aliphatic carboxylic acids is 1. The van der Waals surface area contributed by atoms with Crippen LogP contribution in [0.4, 0.5) is 8.78 Å². The average molecular weight is 361 g/mol. The van der Waals surface area contributed by atoms with Gasteiger partial charge >= 0.3 is 5.97 Å². The summed E-state index contributed by atoms with van der Waals surface area (Å²) >= 11 is 0. The molecule has 0 bridgehead atoms. The SMILES string of the molecule is COc1ccc(F)cc1C(c1cccc(F)c1)N1CCCC(C(=O)O)C1. The van der Waals surface area contributed by atoms with Crippen molar-refractivity contribution in [2.45, 2.75) is 18.9 Å². The van der Waals surface area contributed by atoms with Crippen LogP contribution in [0.5, 0.6) is 5.75 Å². The van der Waals surface area contributed by atoms with Gasteiger partial charge in [0.25, 0.3) is 0 Å². The molecule has 1 fully saturated rings. The third-order valence-electron chi connectivity index (χ3n) is 4.82. The molecule has 6 heteroatoms. The summed E-state index contributed by atoms with van der Waals surface area (Å²) in [5.41, 5.74) is 1.20. The van der Waals surface area contributed by atoms with E-state index >= 15 is 0 Å². The van der Waals surface area contributed by atoms with E-state index in [2.05, 4.69) is 0 Å².